The predicted molar refractivity (Wildman–Crippen MR) is 271 cm³/mol. The summed E-state index contributed by atoms with van der Waals surface area (Å²) in [5.74, 6) is -6.60. The average Bonchev–Trinajstić information content (AvgIpc) is 3.80. The monoisotopic (exact) mass is 1070 g/mol. The summed E-state index contributed by atoms with van der Waals surface area (Å²) in [6, 6.07) is 16.1. The lowest BCUT2D eigenvalue weighted by molar-refractivity contribution is -0.171. The number of halogens is 7. The highest BCUT2D eigenvalue weighted by molar-refractivity contribution is 6.14. The molecule has 0 unspecified atom stereocenters. The van der Waals surface area contributed by atoms with Crippen molar-refractivity contribution >= 4 is 68.8 Å². The summed E-state index contributed by atoms with van der Waals surface area (Å²) < 4.78 is 112. The summed E-state index contributed by atoms with van der Waals surface area (Å²) in [6.45, 7) is 5.53. The molecule has 17 nitrogen and oxygen atoms in total. The Balaban J connectivity index is 0.955. The molecule has 4 amide bonds. The number of H-pyrrole nitrogens is 1. The maximum atomic E-state index is 15.4. The first-order chi connectivity index (χ1) is 36.3. The van der Waals surface area contributed by atoms with E-state index in [1.54, 1.807) is 36.4 Å². The third-order valence-corrected chi connectivity index (χ3v) is 14.3. The van der Waals surface area contributed by atoms with E-state index in [9.17, 15) is 45.5 Å². The summed E-state index contributed by atoms with van der Waals surface area (Å²) in [6.07, 6.45) is -9.96. The molecule has 0 spiro atoms. The number of nitrogens with zero attached hydrogens (tertiary/aromatic N) is 7. The molecule has 0 aliphatic carbocycles. The van der Waals surface area contributed by atoms with Gasteiger partial charge in [-0.15, -0.1) is 0 Å². The fourth-order valence-corrected chi connectivity index (χ4v) is 10.1. The SMILES string of the molecule is CN1CCN(c2ccc(C(=O)NNc3cc(F)cc(Cc4ccc5[nH]nc(NC(=O)c6ccc(N7CCN(C)CC7)cc6N(C(=O)C(F)(F)F)C6CCOCC6)c5c4)c3)c(N(C(=O)C(F)(F)F)C3CCOCC3)c2)CC1. The quantitative estimate of drug-likeness (QED) is 0.0708. The van der Waals surface area contributed by atoms with Gasteiger partial charge in [-0.2, -0.15) is 31.4 Å². The van der Waals surface area contributed by atoms with Gasteiger partial charge in [0.2, 0.25) is 0 Å². The van der Waals surface area contributed by atoms with E-state index in [0.717, 1.165) is 6.07 Å². The Hall–Kier alpha value is -7.02. The van der Waals surface area contributed by atoms with E-state index in [2.05, 4.69) is 36.2 Å². The zero-order valence-corrected chi connectivity index (χ0v) is 41.8. The number of anilines is 6. The van der Waals surface area contributed by atoms with Crippen LogP contribution in [0.5, 0.6) is 0 Å². The number of ether oxygens (including phenoxy) is 2. The summed E-state index contributed by atoms with van der Waals surface area (Å²) in [4.78, 5) is 64.4. The van der Waals surface area contributed by atoms with Crippen LogP contribution in [0.3, 0.4) is 0 Å². The highest BCUT2D eigenvalue weighted by atomic mass is 19.4. The number of likely N-dealkylation sites (N-methyl/N-ethyl adjacent to an activating group) is 2. The predicted octanol–water partition coefficient (Wildman–Crippen LogP) is 6.95. The van der Waals surface area contributed by atoms with E-state index in [1.165, 1.54) is 30.3 Å². The third-order valence-electron chi connectivity index (χ3n) is 14.3. The Morgan fingerprint density at radius 2 is 1.13 bits per heavy atom. The van der Waals surface area contributed by atoms with Gasteiger partial charge in [0, 0.05) is 108 Å². The fourth-order valence-electron chi connectivity index (χ4n) is 10.1. The number of piperazine rings is 2. The molecule has 4 aromatic carbocycles. The molecule has 4 aliphatic heterocycles. The maximum Gasteiger partial charge on any atom is 0.471 e. The number of hydrogen-bond donors (Lipinski definition) is 4. The lowest BCUT2D eigenvalue weighted by Gasteiger charge is -2.37. The van der Waals surface area contributed by atoms with Crippen LogP contribution in [0.4, 0.5) is 65.0 Å². The molecule has 0 bridgehead atoms. The molecule has 0 saturated carbocycles. The van der Waals surface area contributed by atoms with E-state index < -0.39 is 53.9 Å². The number of rotatable bonds is 13. The van der Waals surface area contributed by atoms with Crippen LogP contribution in [0, 0.1) is 5.82 Å². The molecule has 4 saturated heterocycles. The van der Waals surface area contributed by atoms with Gasteiger partial charge in [-0.05, 0) is 124 Å². The normalized spacial score (nSPS) is 17.6. The van der Waals surface area contributed by atoms with Crippen molar-refractivity contribution in [3.63, 3.8) is 0 Å². The van der Waals surface area contributed by atoms with E-state index in [4.69, 9.17) is 9.47 Å². The van der Waals surface area contributed by atoms with Crippen molar-refractivity contribution in [3.05, 3.63) is 101 Å². The lowest BCUT2D eigenvalue weighted by Crippen LogP contribution is -2.50. The third kappa shape index (κ3) is 12.3. The maximum absolute atomic E-state index is 15.4. The molecule has 4 N–H and O–H groups in total. The lowest BCUT2D eigenvalue weighted by atomic mass is 10.0. The molecular formula is C52H58F7N11O6. The number of aromatic nitrogens is 2. The molecular weight excluding hydrogens is 1010 g/mol. The second kappa shape index (κ2) is 22.7. The van der Waals surface area contributed by atoms with Gasteiger partial charge in [-0.3, -0.25) is 35.1 Å². The number of carbonyl (C=O) groups excluding carboxylic acids is 4. The zero-order chi connectivity index (χ0) is 53.9. The molecule has 0 atom stereocenters. The molecule has 406 valence electrons. The van der Waals surface area contributed by atoms with Crippen molar-refractivity contribution in [2.75, 3.05) is 123 Å². The molecule has 0 radical (unpaired) electrons. The molecule has 24 heteroatoms. The minimum atomic E-state index is -5.26. The van der Waals surface area contributed by atoms with Crippen LogP contribution in [0.15, 0.2) is 72.8 Å². The summed E-state index contributed by atoms with van der Waals surface area (Å²) in [5.41, 5.74) is 6.97. The van der Waals surface area contributed by atoms with Crippen LogP contribution in [0.2, 0.25) is 0 Å². The van der Waals surface area contributed by atoms with Crippen LogP contribution < -0.4 is 35.8 Å². The van der Waals surface area contributed by atoms with Crippen LogP contribution >= 0.6 is 0 Å². The molecule has 76 heavy (non-hydrogen) atoms. The molecule has 5 heterocycles. The second-order valence-corrected chi connectivity index (χ2v) is 19.5. The van der Waals surface area contributed by atoms with E-state index >= 15 is 4.39 Å². The fraction of sp³-hybridized carbons (Fsp3) is 0.442. The van der Waals surface area contributed by atoms with Gasteiger partial charge in [0.1, 0.15) is 5.82 Å². The Morgan fingerprint density at radius 1 is 0.632 bits per heavy atom. The second-order valence-electron chi connectivity index (χ2n) is 19.5. The van der Waals surface area contributed by atoms with E-state index in [1.807, 2.05) is 23.9 Å². The van der Waals surface area contributed by atoms with Gasteiger partial charge in [-0.1, -0.05) is 6.07 Å². The Kier molecular flexibility index (Phi) is 16.0. The number of fused-ring (bicyclic) bond motifs is 1. The van der Waals surface area contributed by atoms with Crippen LogP contribution in [-0.4, -0.2) is 161 Å². The smallest absolute Gasteiger partial charge is 0.381 e. The van der Waals surface area contributed by atoms with Gasteiger partial charge in [0.15, 0.2) is 5.82 Å². The van der Waals surface area contributed by atoms with Gasteiger partial charge in [-0.25, -0.2) is 4.39 Å². The standard InChI is InChI=1S/C52H58F7N11O6/c1-65-13-17-67(18-14-65)38-4-6-40(44(30-38)69(49(73)51(54,55)56)36-9-21-75-22-10-36)47(71)60-46-42-28-32(3-8-43(42)62-63-46)25-33-26-34(53)29-35(27-33)61-64-48(72)41-7-5-39(68-19-15-66(2)16-20-68)31-45(41)70(50(74)52(57,58)59)37-11-23-76-24-12-37/h3-8,26-31,36-37,61H,9-25H2,1-2H3,(H,64,72)(H2,60,62,63,71). The van der Waals surface area contributed by atoms with Gasteiger partial charge < -0.3 is 44.2 Å². The van der Waals surface area contributed by atoms with Gasteiger partial charge in [0.05, 0.1) is 33.7 Å². The number of benzene rings is 4. The summed E-state index contributed by atoms with van der Waals surface area (Å²) in [5, 5.41) is 10.3. The first kappa shape index (κ1) is 53.8. The number of amides is 4. The Labute approximate surface area is 433 Å². The van der Waals surface area contributed by atoms with Crippen LogP contribution in [0.25, 0.3) is 10.9 Å². The van der Waals surface area contributed by atoms with Gasteiger partial charge >= 0.3 is 24.2 Å². The first-order valence-electron chi connectivity index (χ1n) is 25.1. The van der Waals surface area contributed by atoms with E-state index in [-0.39, 0.29) is 92.5 Å². The largest absolute Gasteiger partial charge is 0.471 e. The van der Waals surface area contributed by atoms with E-state index in [0.29, 0.717) is 95.6 Å². The van der Waals surface area contributed by atoms with Crippen molar-refractivity contribution in [3.8, 4) is 0 Å². The topological polar surface area (TPSA) is 171 Å². The highest BCUT2D eigenvalue weighted by Crippen LogP contribution is 2.38. The van der Waals surface area contributed by atoms with Crippen LogP contribution in [0.1, 0.15) is 57.5 Å². The van der Waals surface area contributed by atoms with Crippen molar-refractivity contribution in [1.82, 2.24) is 25.4 Å². The number of carbonyl (C=O) groups is 4. The average molecular weight is 1070 g/mol. The molecule has 5 aromatic rings. The Morgan fingerprint density at radius 3 is 1.63 bits per heavy atom. The number of hydrogen-bond acceptors (Lipinski definition) is 12. The van der Waals surface area contributed by atoms with Crippen molar-refractivity contribution in [1.29, 1.82) is 0 Å². The Bertz CT molecular complexity index is 2930. The van der Waals surface area contributed by atoms with Gasteiger partial charge in [0.25, 0.3) is 11.8 Å². The number of alkyl halides is 6. The van der Waals surface area contributed by atoms with Crippen molar-refractivity contribution in [2.24, 2.45) is 0 Å². The number of nitrogens with one attached hydrogen (secondary N) is 4. The zero-order valence-electron chi connectivity index (χ0n) is 41.8. The van der Waals surface area contributed by atoms with Crippen molar-refractivity contribution in [2.45, 2.75) is 56.5 Å². The minimum absolute atomic E-state index is 0.0308. The molecule has 1 aromatic heterocycles. The number of hydrazine groups is 1. The summed E-state index contributed by atoms with van der Waals surface area (Å²) in [7, 11) is 3.92. The molecule has 4 fully saturated rings. The van der Waals surface area contributed by atoms with Crippen LogP contribution in [-0.2, 0) is 25.5 Å². The minimum Gasteiger partial charge on any atom is -0.381 e. The molecule has 9 rings (SSSR count). The highest BCUT2D eigenvalue weighted by Gasteiger charge is 2.48. The summed E-state index contributed by atoms with van der Waals surface area (Å²) >= 11 is 0. The number of aromatic amines is 1. The first-order valence-corrected chi connectivity index (χ1v) is 25.1. The van der Waals surface area contributed by atoms with Crippen molar-refractivity contribution < 1.29 is 59.4 Å². The molecule has 4 aliphatic rings.